The molecule has 0 saturated carbocycles. The summed E-state index contributed by atoms with van der Waals surface area (Å²) in [6.45, 7) is 2.28. The average molecular weight is 435 g/mol. The van der Waals surface area contributed by atoms with Crippen LogP contribution >= 0.6 is 15.9 Å². The lowest BCUT2D eigenvalue weighted by atomic mass is 10.1. The van der Waals surface area contributed by atoms with E-state index in [1.165, 1.54) is 0 Å². The van der Waals surface area contributed by atoms with E-state index in [1.54, 1.807) is 50.4 Å². The van der Waals surface area contributed by atoms with Crippen LogP contribution in [0.5, 0.6) is 11.5 Å². The molecule has 0 aliphatic carbocycles. The zero-order valence-corrected chi connectivity index (χ0v) is 17.4. The number of rotatable bonds is 7. The van der Waals surface area contributed by atoms with E-state index in [0.717, 1.165) is 15.6 Å². The smallest absolute Gasteiger partial charge is 0.251 e. The SMILES string of the molecule is COc1cc(C)c(CN(C)C(=O)CNC(=O)c2ccc(Br)cc2)cc1OC. The molecule has 0 unspecified atom stereocenters. The Morgan fingerprint density at radius 3 is 2.26 bits per heavy atom. The molecule has 1 N–H and O–H groups in total. The number of benzene rings is 2. The first-order valence-electron chi connectivity index (χ1n) is 8.35. The minimum Gasteiger partial charge on any atom is -0.493 e. The third kappa shape index (κ3) is 5.47. The molecule has 0 aliphatic heterocycles. The standard InChI is InChI=1S/C20H23BrN2O4/c1-13-9-17(26-3)18(27-4)10-15(13)12-23(2)19(24)11-22-20(25)14-5-7-16(21)8-6-14/h5-10H,11-12H2,1-4H3,(H,22,25). The highest BCUT2D eigenvalue weighted by Crippen LogP contribution is 2.30. The fourth-order valence-electron chi connectivity index (χ4n) is 2.53. The van der Waals surface area contributed by atoms with Crippen molar-refractivity contribution in [2.24, 2.45) is 0 Å². The largest absolute Gasteiger partial charge is 0.493 e. The van der Waals surface area contributed by atoms with E-state index < -0.39 is 0 Å². The highest BCUT2D eigenvalue weighted by Gasteiger charge is 2.15. The number of ether oxygens (including phenoxy) is 2. The molecule has 2 amide bonds. The second-order valence-electron chi connectivity index (χ2n) is 6.07. The summed E-state index contributed by atoms with van der Waals surface area (Å²) in [4.78, 5) is 26.1. The normalized spacial score (nSPS) is 10.3. The molecule has 0 bridgehead atoms. The molecule has 144 valence electrons. The number of halogens is 1. The molecule has 7 heteroatoms. The molecule has 6 nitrogen and oxygen atoms in total. The second-order valence-corrected chi connectivity index (χ2v) is 6.99. The van der Waals surface area contributed by atoms with Crippen molar-refractivity contribution in [3.05, 3.63) is 57.6 Å². The minimum atomic E-state index is -0.286. The van der Waals surface area contributed by atoms with E-state index in [9.17, 15) is 9.59 Å². The molecule has 0 aliphatic rings. The molecule has 2 aromatic rings. The van der Waals surface area contributed by atoms with Crippen molar-refractivity contribution in [1.82, 2.24) is 10.2 Å². The van der Waals surface area contributed by atoms with Crippen LogP contribution in [-0.4, -0.2) is 44.5 Å². The van der Waals surface area contributed by atoms with E-state index >= 15 is 0 Å². The zero-order valence-electron chi connectivity index (χ0n) is 15.8. The third-order valence-electron chi connectivity index (χ3n) is 4.18. The van der Waals surface area contributed by atoms with Gasteiger partial charge in [-0.3, -0.25) is 9.59 Å². The molecule has 2 aromatic carbocycles. The topological polar surface area (TPSA) is 67.9 Å². The summed E-state index contributed by atoms with van der Waals surface area (Å²) >= 11 is 3.32. The Labute approximate surface area is 167 Å². The maximum absolute atomic E-state index is 12.4. The molecule has 27 heavy (non-hydrogen) atoms. The highest BCUT2D eigenvalue weighted by molar-refractivity contribution is 9.10. The quantitative estimate of drug-likeness (QED) is 0.726. The molecule has 2 rings (SSSR count). The van der Waals surface area contributed by atoms with Crippen LogP contribution in [0.4, 0.5) is 0 Å². The molecule has 0 aromatic heterocycles. The van der Waals surface area contributed by atoms with Crippen LogP contribution in [0.15, 0.2) is 40.9 Å². The van der Waals surface area contributed by atoms with Gasteiger partial charge in [-0.05, 0) is 54.4 Å². The summed E-state index contributed by atoms with van der Waals surface area (Å²) in [5, 5.41) is 2.65. The fraction of sp³-hybridized carbons (Fsp3) is 0.300. The van der Waals surface area contributed by atoms with Gasteiger partial charge in [-0.2, -0.15) is 0 Å². The van der Waals surface area contributed by atoms with Crippen LogP contribution in [0.25, 0.3) is 0 Å². The van der Waals surface area contributed by atoms with Crippen LogP contribution in [0.2, 0.25) is 0 Å². The molecular formula is C20H23BrN2O4. The van der Waals surface area contributed by atoms with Crippen molar-refractivity contribution in [3.8, 4) is 11.5 Å². The maximum atomic E-state index is 12.4. The predicted molar refractivity (Wildman–Crippen MR) is 107 cm³/mol. The number of nitrogens with zero attached hydrogens (tertiary/aromatic N) is 1. The van der Waals surface area contributed by atoms with Gasteiger partial charge in [0.15, 0.2) is 11.5 Å². The third-order valence-corrected chi connectivity index (χ3v) is 4.71. The lowest BCUT2D eigenvalue weighted by Crippen LogP contribution is -2.37. The van der Waals surface area contributed by atoms with Crippen LogP contribution in [0, 0.1) is 6.92 Å². The Morgan fingerprint density at radius 2 is 1.67 bits per heavy atom. The molecular weight excluding hydrogens is 412 g/mol. The van der Waals surface area contributed by atoms with Gasteiger partial charge in [-0.1, -0.05) is 15.9 Å². The summed E-state index contributed by atoms with van der Waals surface area (Å²) < 4.78 is 11.5. The van der Waals surface area contributed by atoms with Crippen LogP contribution in [0.1, 0.15) is 21.5 Å². The summed E-state index contributed by atoms with van der Waals surface area (Å²) in [6.07, 6.45) is 0. The second kappa shape index (κ2) is 9.41. The zero-order chi connectivity index (χ0) is 20.0. The van der Waals surface area contributed by atoms with Crippen LogP contribution in [0.3, 0.4) is 0 Å². The van der Waals surface area contributed by atoms with Crippen LogP contribution in [-0.2, 0) is 11.3 Å². The predicted octanol–water partition coefficient (Wildman–Crippen LogP) is 3.16. The number of methoxy groups -OCH3 is 2. The summed E-state index contributed by atoms with van der Waals surface area (Å²) in [7, 11) is 4.86. The first-order chi connectivity index (χ1) is 12.8. The Balaban J connectivity index is 1.97. The van der Waals surface area contributed by atoms with Gasteiger partial charge in [0.2, 0.25) is 5.91 Å². The van der Waals surface area contributed by atoms with E-state index in [-0.39, 0.29) is 18.4 Å². The lowest BCUT2D eigenvalue weighted by molar-refractivity contribution is -0.129. The summed E-state index contributed by atoms with van der Waals surface area (Å²) in [5.41, 5.74) is 2.44. The van der Waals surface area contributed by atoms with Gasteiger partial charge in [-0.15, -0.1) is 0 Å². The molecule has 0 spiro atoms. The number of hydrogen-bond acceptors (Lipinski definition) is 4. The number of carbonyl (C=O) groups is 2. The Bertz CT molecular complexity index is 821. The molecule has 0 atom stereocenters. The van der Waals surface area contributed by atoms with Gasteiger partial charge >= 0.3 is 0 Å². The monoisotopic (exact) mass is 434 g/mol. The molecule has 0 fully saturated rings. The number of hydrogen-bond donors (Lipinski definition) is 1. The minimum absolute atomic E-state index is 0.0717. The van der Waals surface area contributed by atoms with Crippen molar-refractivity contribution in [2.45, 2.75) is 13.5 Å². The van der Waals surface area contributed by atoms with Crippen molar-refractivity contribution < 1.29 is 19.1 Å². The molecule has 0 heterocycles. The van der Waals surface area contributed by atoms with Crippen molar-refractivity contribution in [3.63, 3.8) is 0 Å². The fourth-order valence-corrected chi connectivity index (χ4v) is 2.80. The van der Waals surface area contributed by atoms with Crippen LogP contribution < -0.4 is 14.8 Å². The number of nitrogens with one attached hydrogen (secondary N) is 1. The number of likely N-dealkylation sites (N-methyl/N-ethyl adjacent to an activating group) is 1. The Hall–Kier alpha value is -2.54. The average Bonchev–Trinajstić information content (AvgIpc) is 2.67. The Morgan fingerprint density at radius 1 is 1.07 bits per heavy atom. The van der Waals surface area contributed by atoms with Crippen molar-refractivity contribution in [2.75, 3.05) is 27.8 Å². The van der Waals surface area contributed by atoms with Gasteiger partial charge in [0.1, 0.15) is 0 Å². The first-order valence-corrected chi connectivity index (χ1v) is 9.14. The number of carbonyl (C=O) groups excluding carboxylic acids is 2. The van der Waals surface area contributed by atoms with Gasteiger partial charge in [0, 0.05) is 23.6 Å². The van der Waals surface area contributed by atoms with Gasteiger partial charge in [0.05, 0.1) is 20.8 Å². The number of amides is 2. The maximum Gasteiger partial charge on any atom is 0.251 e. The van der Waals surface area contributed by atoms with Gasteiger partial charge in [0.25, 0.3) is 5.91 Å². The molecule has 0 saturated heterocycles. The summed E-state index contributed by atoms with van der Waals surface area (Å²) in [6, 6.07) is 10.7. The van der Waals surface area contributed by atoms with Gasteiger partial charge in [-0.25, -0.2) is 0 Å². The number of aryl methyl sites for hydroxylation is 1. The van der Waals surface area contributed by atoms with E-state index in [0.29, 0.717) is 23.6 Å². The summed E-state index contributed by atoms with van der Waals surface area (Å²) in [5.74, 6) is 0.790. The highest BCUT2D eigenvalue weighted by atomic mass is 79.9. The first kappa shape index (κ1) is 20.8. The van der Waals surface area contributed by atoms with E-state index in [2.05, 4.69) is 21.2 Å². The lowest BCUT2D eigenvalue weighted by Gasteiger charge is -2.20. The van der Waals surface area contributed by atoms with E-state index in [4.69, 9.17) is 9.47 Å². The van der Waals surface area contributed by atoms with E-state index in [1.807, 2.05) is 19.1 Å². The van der Waals surface area contributed by atoms with Crippen molar-refractivity contribution in [1.29, 1.82) is 0 Å². The molecule has 0 radical (unpaired) electrons. The Kier molecular flexibility index (Phi) is 7.24. The van der Waals surface area contributed by atoms with Crippen molar-refractivity contribution >= 4 is 27.7 Å². The van der Waals surface area contributed by atoms with Gasteiger partial charge < -0.3 is 19.7 Å².